The summed E-state index contributed by atoms with van der Waals surface area (Å²) in [6.07, 6.45) is 2.25. The monoisotopic (exact) mass is 270 g/mol. The number of hydrogen-bond donors (Lipinski definition) is 1. The van der Waals surface area contributed by atoms with Crippen LogP contribution < -0.4 is 5.32 Å². The lowest BCUT2D eigenvalue weighted by atomic mass is 10.0. The molecule has 106 valence electrons. The van der Waals surface area contributed by atoms with Crippen molar-refractivity contribution in [2.24, 2.45) is 0 Å². The fraction of sp³-hybridized carbons (Fsp3) is 0.500. The van der Waals surface area contributed by atoms with Crippen LogP contribution in [0.5, 0.6) is 0 Å². The van der Waals surface area contributed by atoms with E-state index in [1.165, 1.54) is 17.5 Å². The molecule has 0 fully saturated rings. The van der Waals surface area contributed by atoms with Gasteiger partial charge in [-0.3, -0.25) is 0 Å². The van der Waals surface area contributed by atoms with E-state index in [1.807, 2.05) is 0 Å². The third-order valence-electron chi connectivity index (χ3n) is 4.18. The standard InChI is InChI=1S/C16H22N4/c1-11-7-4-5-8-14(11)12(2)17-13(3)16-19-18-15-9-6-10-20(15)16/h4-5,7-8,12-13,17H,6,9-10H2,1-3H3. The number of benzene rings is 1. The van der Waals surface area contributed by atoms with Gasteiger partial charge >= 0.3 is 0 Å². The first-order valence-corrected chi connectivity index (χ1v) is 7.40. The molecule has 0 aliphatic carbocycles. The molecule has 2 unspecified atom stereocenters. The molecule has 1 N–H and O–H groups in total. The number of nitrogens with one attached hydrogen (secondary N) is 1. The molecule has 0 bridgehead atoms. The van der Waals surface area contributed by atoms with Gasteiger partial charge in [0.05, 0.1) is 6.04 Å². The lowest BCUT2D eigenvalue weighted by molar-refractivity contribution is 0.458. The molecule has 2 heterocycles. The zero-order valence-electron chi connectivity index (χ0n) is 12.4. The van der Waals surface area contributed by atoms with Gasteiger partial charge in [0.2, 0.25) is 0 Å². The van der Waals surface area contributed by atoms with E-state index in [0.29, 0.717) is 6.04 Å². The van der Waals surface area contributed by atoms with Crippen molar-refractivity contribution in [2.45, 2.75) is 52.2 Å². The van der Waals surface area contributed by atoms with Gasteiger partial charge in [0.15, 0.2) is 0 Å². The van der Waals surface area contributed by atoms with Gasteiger partial charge in [-0.25, -0.2) is 0 Å². The van der Waals surface area contributed by atoms with Gasteiger partial charge < -0.3 is 9.88 Å². The molecule has 0 amide bonds. The maximum Gasteiger partial charge on any atom is 0.149 e. The van der Waals surface area contributed by atoms with Crippen molar-refractivity contribution in [1.29, 1.82) is 0 Å². The summed E-state index contributed by atoms with van der Waals surface area (Å²) < 4.78 is 2.27. The Balaban J connectivity index is 1.76. The van der Waals surface area contributed by atoms with Crippen LogP contribution in [0.15, 0.2) is 24.3 Å². The molecule has 0 spiro atoms. The first-order valence-electron chi connectivity index (χ1n) is 7.40. The molecule has 1 aliphatic rings. The second-order valence-corrected chi connectivity index (χ2v) is 5.70. The maximum atomic E-state index is 4.36. The second-order valence-electron chi connectivity index (χ2n) is 5.70. The molecule has 4 heteroatoms. The molecular weight excluding hydrogens is 248 g/mol. The molecule has 1 aliphatic heterocycles. The molecule has 2 aromatic rings. The summed E-state index contributed by atoms with van der Waals surface area (Å²) in [5, 5.41) is 12.3. The van der Waals surface area contributed by atoms with Crippen LogP contribution >= 0.6 is 0 Å². The smallest absolute Gasteiger partial charge is 0.149 e. The Morgan fingerprint density at radius 1 is 1.15 bits per heavy atom. The Morgan fingerprint density at radius 3 is 2.75 bits per heavy atom. The summed E-state index contributed by atoms with van der Waals surface area (Å²) in [5.41, 5.74) is 2.67. The van der Waals surface area contributed by atoms with Crippen molar-refractivity contribution in [1.82, 2.24) is 20.1 Å². The van der Waals surface area contributed by atoms with Crippen LogP contribution in [-0.4, -0.2) is 14.8 Å². The number of rotatable bonds is 4. The minimum absolute atomic E-state index is 0.212. The van der Waals surface area contributed by atoms with Gasteiger partial charge in [0.25, 0.3) is 0 Å². The zero-order chi connectivity index (χ0) is 14.1. The van der Waals surface area contributed by atoms with E-state index in [0.717, 1.165) is 24.6 Å². The van der Waals surface area contributed by atoms with Gasteiger partial charge in [-0.05, 0) is 38.3 Å². The number of aryl methyl sites for hydroxylation is 2. The van der Waals surface area contributed by atoms with Crippen LogP contribution in [-0.2, 0) is 13.0 Å². The fourth-order valence-electron chi connectivity index (χ4n) is 3.11. The van der Waals surface area contributed by atoms with Crippen LogP contribution in [0.1, 0.15) is 55.1 Å². The number of aromatic nitrogens is 3. The average molecular weight is 270 g/mol. The Labute approximate surface area is 120 Å². The minimum atomic E-state index is 0.212. The highest BCUT2D eigenvalue weighted by atomic mass is 15.3. The average Bonchev–Trinajstić information content (AvgIpc) is 3.00. The number of nitrogens with zero attached hydrogens (tertiary/aromatic N) is 3. The van der Waals surface area contributed by atoms with E-state index in [1.54, 1.807) is 0 Å². The van der Waals surface area contributed by atoms with Gasteiger partial charge in [-0.2, -0.15) is 0 Å². The van der Waals surface area contributed by atoms with Crippen LogP contribution in [0.3, 0.4) is 0 Å². The van der Waals surface area contributed by atoms with Crippen LogP contribution in [0.25, 0.3) is 0 Å². The lowest BCUT2D eigenvalue weighted by Gasteiger charge is -2.21. The van der Waals surface area contributed by atoms with Crippen molar-refractivity contribution < 1.29 is 0 Å². The summed E-state index contributed by atoms with van der Waals surface area (Å²) >= 11 is 0. The summed E-state index contributed by atoms with van der Waals surface area (Å²) in [5.74, 6) is 2.20. The third kappa shape index (κ3) is 2.36. The second kappa shape index (κ2) is 5.37. The molecule has 3 rings (SSSR count). The van der Waals surface area contributed by atoms with Gasteiger partial charge in [0.1, 0.15) is 11.6 Å². The molecule has 4 nitrogen and oxygen atoms in total. The van der Waals surface area contributed by atoms with Crippen LogP contribution in [0.2, 0.25) is 0 Å². The summed E-state index contributed by atoms with van der Waals surface area (Å²) in [6.45, 7) is 7.60. The Bertz CT molecular complexity index is 602. The van der Waals surface area contributed by atoms with Crippen molar-refractivity contribution in [2.75, 3.05) is 0 Å². The summed E-state index contributed by atoms with van der Waals surface area (Å²) in [4.78, 5) is 0. The maximum absolute atomic E-state index is 4.36. The SMILES string of the molecule is Cc1ccccc1C(C)NC(C)c1nnc2n1CCC2. The quantitative estimate of drug-likeness (QED) is 0.929. The third-order valence-corrected chi connectivity index (χ3v) is 4.18. The van der Waals surface area contributed by atoms with E-state index in [9.17, 15) is 0 Å². The summed E-state index contributed by atoms with van der Waals surface area (Å²) in [6, 6.07) is 9.05. The van der Waals surface area contributed by atoms with E-state index in [-0.39, 0.29) is 6.04 Å². The van der Waals surface area contributed by atoms with Gasteiger partial charge in [0, 0.05) is 19.0 Å². The molecule has 20 heavy (non-hydrogen) atoms. The van der Waals surface area contributed by atoms with Crippen LogP contribution in [0.4, 0.5) is 0 Å². The first kappa shape index (κ1) is 13.3. The highest BCUT2D eigenvalue weighted by molar-refractivity contribution is 5.28. The molecule has 0 saturated heterocycles. The molecule has 1 aromatic carbocycles. The zero-order valence-corrected chi connectivity index (χ0v) is 12.4. The Kier molecular flexibility index (Phi) is 3.57. The van der Waals surface area contributed by atoms with E-state index in [4.69, 9.17) is 0 Å². The first-order chi connectivity index (χ1) is 9.66. The highest BCUT2D eigenvalue weighted by Crippen LogP contribution is 2.23. The normalized spacial score (nSPS) is 16.9. The molecule has 0 saturated carbocycles. The Hall–Kier alpha value is -1.68. The van der Waals surface area contributed by atoms with Crippen molar-refractivity contribution >= 4 is 0 Å². The largest absolute Gasteiger partial charge is 0.314 e. The fourth-order valence-corrected chi connectivity index (χ4v) is 3.11. The lowest BCUT2D eigenvalue weighted by Crippen LogP contribution is -2.25. The molecular formula is C16H22N4. The topological polar surface area (TPSA) is 42.7 Å². The van der Waals surface area contributed by atoms with E-state index in [2.05, 4.69) is 65.1 Å². The van der Waals surface area contributed by atoms with Crippen molar-refractivity contribution in [3.63, 3.8) is 0 Å². The Morgan fingerprint density at radius 2 is 1.95 bits per heavy atom. The molecule has 2 atom stereocenters. The minimum Gasteiger partial charge on any atom is -0.314 e. The van der Waals surface area contributed by atoms with E-state index < -0.39 is 0 Å². The molecule has 0 radical (unpaired) electrons. The van der Waals surface area contributed by atoms with Crippen molar-refractivity contribution in [3.05, 3.63) is 47.0 Å². The predicted molar refractivity (Wildman–Crippen MR) is 79.5 cm³/mol. The van der Waals surface area contributed by atoms with Crippen LogP contribution in [0, 0.1) is 6.92 Å². The molecule has 1 aromatic heterocycles. The highest BCUT2D eigenvalue weighted by Gasteiger charge is 2.22. The van der Waals surface area contributed by atoms with E-state index >= 15 is 0 Å². The number of fused-ring (bicyclic) bond motifs is 1. The van der Waals surface area contributed by atoms with Gasteiger partial charge in [-0.15, -0.1) is 10.2 Å². The van der Waals surface area contributed by atoms with Gasteiger partial charge in [-0.1, -0.05) is 24.3 Å². The summed E-state index contributed by atoms with van der Waals surface area (Å²) in [7, 11) is 0. The predicted octanol–water partition coefficient (Wildman–Crippen LogP) is 2.94. The number of hydrogen-bond acceptors (Lipinski definition) is 3. The van der Waals surface area contributed by atoms with Crippen molar-refractivity contribution in [3.8, 4) is 0 Å².